The van der Waals surface area contributed by atoms with Crippen LogP contribution in [0.25, 0.3) is 0 Å². The molecule has 0 aliphatic heterocycles. The van der Waals surface area contributed by atoms with Crippen LogP contribution in [0.4, 0.5) is 0 Å². The van der Waals surface area contributed by atoms with Crippen molar-refractivity contribution in [2.45, 2.75) is 50.1 Å². The molecule has 0 radical (unpaired) electrons. The molecular formula is C14H21NS. The molecule has 88 valence electrons. The molecule has 0 amide bonds. The van der Waals surface area contributed by atoms with Gasteiger partial charge in [0.25, 0.3) is 0 Å². The quantitative estimate of drug-likeness (QED) is 0.569. The molecular weight excluding hydrogens is 214 g/mol. The zero-order valence-electron chi connectivity index (χ0n) is 10.0. The smallest absolute Gasteiger partial charge is 0.0208 e. The van der Waals surface area contributed by atoms with E-state index in [9.17, 15) is 0 Å². The summed E-state index contributed by atoms with van der Waals surface area (Å²) < 4.78 is 0. The lowest BCUT2D eigenvalue weighted by Gasteiger charge is -2.06. The van der Waals surface area contributed by atoms with Crippen molar-refractivity contribution in [1.82, 2.24) is 5.32 Å². The fraction of sp³-hybridized carbons (Fsp3) is 0.571. The molecule has 0 aromatic heterocycles. The van der Waals surface area contributed by atoms with Crippen LogP contribution < -0.4 is 5.32 Å². The lowest BCUT2D eigenvalue weighted by molar-refractivity contribution is 0.687. The van der Waals surface area contributed by atoms with Crippen LogP contribution in [-0.4, -0.2) is 11.8 Å². The van der Waals surface area contributed by atoms with Crippen LogP contribution in [-0.2, 0) is 6.54 Å². The summed E-state index contributed by atoms with van der Waals surface area (Å²) in [6, 6.07) is 9.75. The Hall–Kier alpha value is -0.470. The number of nitrogens with one attached hydrogen (secondary N) is 1. The highest BCUT2D eigenvalue weighted by molar-refractivity contribution is 7.99. The molecule has 0 unspecified atom stereocenters. The van der Waals surface area contributed by atoms with Gasteiger partial charge < -0.3 is 5.32 Å². The monoisotopic (exact) mass is 235 g/mol. The molecule has 1 aliphatic carbocycles. The van der Waals surface area contributed by atoms with Crippen LogP contribution >= 0.6 is 11.8 Å². The minimum atomic E-state index is 0.802. The molecule has 1 aromatic carbocycles. The zero-order valence-corrected chi connectivity index (χ0v) is 10.9. The molecule has 2 heteroatoms. The minimum absolute atomic E-state index is 0.802. The minimum Gasteiger partial charge on any atom is -0.310 e. The van der Waals surface area contributed by atoms with Crippen LogP contribution in [0.1, 0.15) is 38.2 Å². The molecule has 0 atom stereocenters. The highest BCUT2D eigenvalue weighted by Gasteiger charge is 2.19. The summed E-state index contributed by atoms with van der Waals surface area (Å²) in [4.78, 5) is 1.42. The van der Waals surface area contributed by atoms with E-state index in [2.05, 4.69) is 36.5 Å². The summed E-state index contributed by atoms with van der Waals surface area (Å²) in [5.74, 6) is 1.25. The first-order chi connectivity index (χ1) is 7.88. The summed E-state index contributed by atoms with van der Waals surface area (Å²) in [7, 11) is 0. The normalized spacial score (nSPS) is 15.3. The van der Waals surface area contributed by atoms with E-state index in [1.54, 1.807) is 0 Å². The highest BCUT2D eigenvalue weighted by atomic mass is 32.2. The van der Waals surface area contributed by atoms with Gasteiger partial charge in [0.05, 0.1) is 0 Å². The van der Waals surface area contributed by atoms with Gasteiger partial charge in [-0.05, 0) is 42.7 Å². The maximum Gasteiger partial charge on any atom is 0.0208 e. The summed E-state index contributed by atoms with van der Waals surface area (Å²) in [6.07, 6.45) is 5.33. The van der Waals surface area contributed by atoms with Gasteiger partial charge in [-0.2, -0.15) is 0 Å². The zero-order chi connectivity index (χ0) is 11.2. The first-order valence-corrected chi connectivity index (χ1v) is 7.32. The van der Waals surface area contributed by atoms with E-state index in [1.165, 1.54) is 41.9 Å². The third kappa shape index (κ3) is 4.18. The number of hydrogen-bond donors (Lipinski definition) is 1. The van der Waals surface area contributed by atoms with Gasteiger partial charge in [0.1, 0.15) is 0 Å². The van der Waals surface area contributed by atoms with Crippen molar-refractivity contribution >= 4 is 11.8 Å². The van der Waals surface area contributed by atoms with Crippen molar-refractivity contribution < 1.29 is 0 Å². The van der Waals surface area contributed by atoms with Crippen LogP contribution in [0.15, 0.2) is 29.2 Å². The topological polar surface area (TPSA) is 12.0 Å². The van der Waals surface area contributed by atoms with Crippen LogP contribution in [0.5, 0.6) is 0 Å². The van der Waals surface area contributed by atoms with Crippen LogP contribution in [0.3, 0.4) is 0 Å². The molecule has 0 heterocycles. The maximum atomic E-state index is 3.56. The van der Waals surface area contributed by atoms with E-state index < -0.39 is 0 Å². The average molecular weight is 235 g/mol. The summed E-state index contributed by atoms with van der Waals surface area (Å²) in [5, 5.41) is 3.56. The molecule has 1 nitrogen and oxygen atoms in total. The van der Waals surface area contributed by atoms with E-state index in [-0.39, 0.29) is 0 Å². The largest absolute Gasteiger partial charge is 0.310 e. The molecule has 0 bridgehead atoms. The summed E-state index contributed by atoms with van der Waals surface area (Å²) in [6.45, 7) is 3.28. The standard InChI is InChI=1S/C14H21NS/c1-2-3-9-16-14-6-4-5-12(10-14)11-15-13-7-8-13/h4-6,10,13,15H,2-3,7-9,11H2,1H3. The van der Waals surface area contributed by atoms with Crippen molar-refractivity contribution in [1.29, 1.82) is 0 Å². The predicted molar refractivity (Wildman–Crippen MR) is 71.9 cm³/mol. The third-order valence-electron chi connectivity index (χ3n) is 2.84. The second-order valence-electron chi connectivity index (χ2n) is 4.50. The Morgan fingerprint density at radius 3 is 3.00 bits per heavy atom. The van der Waals surface area contributed by atoms with Gasteiger partial charge in [-0.25, -0.2) is 0 Å². The number of rotatable bonds is 7. The van der Waals surface area contributed by atoms with Crippen molar-refractivity contribution in [3.8, 4) is 0 Å². The molecule has 1 fully saturated rings. The Labute approximate surface area is 103 Å². The van der Waals surface area contributed by atoms with Crippen molar-refractivity contribution in [2.24, 2.45) is 0 Å². The Morgan fingerprint density at radius 1 is 1.38 bits per heavy atom. The number of hydrogen-bond acceptors (Lipinski definition) is 2. The average Bonchev–Trinajstić information content (AvgIpc) is 3.11. The van der Waals surface area contributed by atoms with E-state index in [0.29, 0.717) is 0 Å². The molecule has 1 saturated carbocycles. The Morgan fingerprint density at radius 2 is 2.25 bits per heavy atom. The first-order valence-electron chi connectivity index (χ1n) is 6.33. The Balaban J connectivity index is 1.80. The lowest BCUT2D eigenvalue weighted by atomic mass is 10.2. The van der Waals surface area contributed by atoms with E-state index >= 15 is 0 Å². The fourth-order valence-electron chi connectivity index (χ4n) is 1.63. The lowest BCUT2D eigenvalue weighted by Crippen LogP contribution is -2.15. The van der Waals surface area contributed by atoms with Crippen LogP contribution in [0, 0.1) is 0 Å². The van der Waals surface area contributed by atoms with Gasteiger partial charge in [-0.15, -0.1) is 11.8 Å². The molecule has 1 aromatic rings. The molecule has 0 saturated heterocycles. The van der Waals surface area contributed by atoms with Gasteiger partial charge in [-0.3, -0.25) is 0 Å². The van der Waals surface area contributed by atoms with Crippen LogP contribution in [0.2, 0.25) is 0 Å². The first kappa shape index (κ1) is 12.0. The number of benzene rings is 1. The molecule has 1 N–H and O–H groups in total. The van der Waals surface area contributed by atoms with E-state index in [1.807, 2.05) is 11.8 Å². The van der Waals surface area contributed by atoms with Crippen molar-refractivity contribution in [2.75, 3.05) is 5.75 Å². The molecule has 16 heavy (non-hydrogen) atoms. The molecule has 2 rings (SSSR count). The van der Waals surface area contributed by atoms with Crippen molar-refractivity contribution in [3.63, 3.8) is 0 Å². The molecule has 1 aliphatic rings. The van der Waals surface area contributed by atoms with Gasteiger partial charge in [0.2, 0.25) is 0 Å². The third-order valence-corrected chi connectivity index (χ3v) is 3.92. The number of unbranched alkanes of at least 4 members (excludes halogenated alkanes) is 1. The second kappa shape index (κ2) is 6.31. The summed E-state index contributed by atoms with van der Waals surface area (Å²) in [5.41, 5.74) is 1.42. The van der Waals surface area contributed by atoms with Crippen molar-refractivity contribution in [3.05, 3.63) is 29.8 Å². The van der Waals surface area contributed by atoms with Gasteiger partial charge >= 0.3 is 0 Å². The second-order valence-corrected chi connectivity index (χ2v) is 5.67. The van der Waals surface area contributed by atoms with E-state index in [0.717, 1.165) is 12.6 Å². The fourth-order valence-corrected chi connectivity index (χ4v) is 2.71. The maximum absolute atomic E-state index is 3.56. The van der Waals surface area contributed by atoms with Gasteiger partial charge in [-0.1, -0.05) is 25.5 Å². The Bertz CT molecular complexity index is 320. The predicted octanol–water partition coefficient (Wildman–Crippen LogP) is 3.83. The SMILES string of the molecule is CCCCSc1cccc(CNC2CC2)c1. The summed E-state index contributed by atoms with van der Waals surface area (Å²) >= 11 is 1.98. The Kier molecular flexibility index (Phi) is 4.73. The number of thioether (sulfide) groups is 1. The molecule has 0 spiro atoms. The van der Waals surface area contributed by atoms with Gasteiger partial charge in [0.15, 0.2) is 0 Å². The van der Waals surface area contributed by atoms with Gasteiger partial charge in [0, 0.05) is 17.5 Å². The highest BCUT2D eigenvalue weighted by Crippen LogP contribution is 2.22. The van der Waals surface area contributed by atoms with E-state index in [4.69, 9.17) is 0 Å².